The maximum absolute atomic E-state index is 13.4. The third-order valence-corrected chi connectivity index (χ3v) is 8.81. The third-order valence-electron chi connectivity index (χ3n) is 6.92. The highest BCUT2D eigenvalue weighted by Gasteiger charge is 2.30. The molecule has 0 N–H and O–H groups in total. The minimum Gasteiger partial charge on any atom is -0.336 e. The van der Waals surface area contributed by atoms with Gasteiger partial charge in [-0.1, -0.05) is 55.7 Å². The summed E-state index contributed by atoms with van der Waals surface area (Å²) >= 11 is 0. The van der Waals surface area contributed by atoms with Gasteiger partial charge in [-0.05, 0) is 43.5 Å². The summed E-state index contributed by atoms with van der Waals surface area (Å²) in [5.74, 6) is -0.0610. The molecule has 0 unspecified atom stereocenters. The number of piperazine rings is 1. The molecule has 1 aliphatic heterocycles. The van der Waals surface area contributed by atoms with Gasteiger partial charge in [0.15, 0.2) is 0 Å². The Bertz CT molecular complexity index is 1030. The predicted molar refractivity (Wildman–Crippen MR) is 131 cm³/mol. The van der Waals surface area contributed by atoms with Gasteiger partial charge in [-0.15, -0.1) is 0 Å². The number of benzene rings is 2. The van der Waals surface area contributed by atoms with E-state index in [1.165, 1.54) is 12.0 Å². The molecule has 0 aromatic heterocycles. The molecular formula is C26H35N3O3S. The fraction of sp³-hybridized carbons (Fsp3) is 0.500. The smallest absolute Gasteiger partial charge is 0.254 e. The van der Waals surface area contributed by atoms with Gasteiger partial charge in [-0.3, -0.25) is 9.69 Å². The van der Waals surface area contributed by atoms with Gasteiger partial charge in [-0.25, -0.2) is 8.42 Å². The zero-order chi connectivity index (χ0) is 23.3. The van der Waals surface area contributed by atoms with E-state index in [-0.39, 0.29) is 16.8 Å². The van der Waals surface area contributed by atoms with Crippen LogP contribution in [0.15, 0.2) is 59.5 Å². The standard InChI is InChI=1S/C26H35N3O3S/c1-2-29(24-13-7-4-8-14-24)26(30)23-12-9-15-25(20-23)33(31,32)28-18-16-27(17-19-28)21-22-10-5-3-6-11-22/h3,5-6,9-12,15,20,24H,2,4,7-8,13-14,16-19,21H2,1H3. The Hall–Kier alpha value is -2.22. The molecule has 2 fully saturated rings. The highest BCUT2D eigenvalue weighted by atomic mass is 32.2. The van der Waals surface area contributed by atoms with Crippen LogP contribution in [-0.2, 0) is 16.6 Å². The monoisotopic (exact) mass is 469 g/mol. The Balaban J connectivity index is 1.43. The lowest BCUT2D eigenvalue weighted by atomic mass is 9.93. The molecule has 0 bridgehead atoms. The van der Waals surface area contributed by atoms with E-state index in [4.69, 9.17) is 0 Å². The van der Waals surface area contributed by atoms with Crippen molar-refractivity contribution in [1.29, 1.82) is 0 Å². The zero-order valence-electron chi connectivity index (χ0n) is 19.5. The van der Waals surface area contributed by atoms with Gasteiger partial charge < -0.3 is 4.90 Å². The van der Waals surface area contributed by atoms with E-state index in [9.17, 15) is 13.2 Å². The van der Waals surface area contributed by atoms with E-state index in [1.54, 1.807) is 28.6 Å². The average molecular weight is 470 g/mol. The molecule has 0 spiro atoms. The molecule has 7 heteroatoms. The van der Waals surface area contributed by atoms with Crippen LogP contribution >= 0.6 is 0 Å². The number of carbonyl (C=O) groups is 1. The number of hydrogen-bond donors (Lipinski definition) is 0. The first-order valence-electron chi connectivity index (χ1n) is 12.2. The lowest BCUT2D eigenvalue weighted by Gasteiger charge is -2.34. The normalized spacial score (nSPS) is 18.8. The number of carbonyl (C=O) groups excluding carboxylic acids is 1. The second kappa shape index (κ2) is 10.8. The SMILES string of the molecule is CCN(C(=O)c1cccc(S(=O)(=O)N2CCN(Cc3ccccc3)CC2)c1)C1CCCCC1. The van der Waals surface area contributed by atoms with Crippen molar-refractivity contribution >= 4 is 15.9 Å². The number of nitrogens with zero attached hydrogens (tertiary/aromatic N) is 3. The fourth-order valence-corrected chi connectivity index (χ4v) is 6.50. The van der Waals surface area contributed by atoms with E-state index < -0.39 is 10.0 Å². The van der Waals surface area contributed by atoms with Crippen LogP contribution in [0.4, 0.5) is 0 Å². The van der Waals surface area contributed by atoms with Crippen LogP contribution in [0.3, 0.4) is 0 Å². The first-order valence-corrected chi connectivity index (χ1v) is 13.6. The van der Waals surface area contributed by atoms with Crippen molar-refractivity contribution in [3.8, 4) is 0 Å². The second-order valence-corrected chi connectivity index (χ2v) is 11.0. The topological polar surface area (TPSA) is 60.9 Å². The predicted octanol–water partition coefficient (Wildman–Crippen LogP) is 3.99. The van der Waals surface area contributed by atoms with Crippen molar-refractivity contribution in [3.05, 3.63) is 65.7 Å². The van der Waals surface area contributed by atoms with E-state index in [1.807, 2.05) is 30.0 Å². The van der Waals surface area contributed by atoms with Gasteiger partial charge in [0.25, 0.3) is 5.91 Å². The van der Waals surface area contributed by atoms with Crippen LogP contribution in [0.1, 0.15) is 54.9 Å². The molecule has 4 rings (SSSR count). The largest absolute Gasteiger partial charge is 0.336 e. The fourth-order valence-electron chi connectivity index (χ4n) is 5.03. The van der Waals surface area contributed by atoms with Crippen LogP contribution in [-0.4, -0.2) is 67.2 Å². The number of hydrogen-bond acceptors (Lipinski definition) is 4. The molecule has 1 saturated carbocycles. The first kappa shape index (κ1) is 23.9. The molecule has 0 atom stereocenters. The van der Waals surface area contributed by atoms with Crippen molar-refractivity contribution in [2.24, 2.45) is 0 Å². The molecule has 33 heavy (non-hydrogen) atoms. The second-order valence-electron chi connectivity index (χ2n) is 9.08. The summed E-state index contributed by atoms with van der Waals surface area (Å²) in [7, 11) is -3.64. The quantitative estimate of drug-likeness (QED) is 0.615. The van der Waals surface area contributed by atoms with Crippen molar-refractivity contribution < 1.29 is 13.2 Å². The molecule has 1 saturated heterocycles. The summed E-state index contributed by atoms with van der Waals surface area (Å²) in [5, 5.41) is 0. The van der Waals surface area contributed by atoms with Crippen molar-refractivity contribution in [3.63, 3.8) is 0 Å². The zero-order valence-corrected chi connectivity index (χ0v) is 20.3. The molecule has 2 aromatic rings. The molecule has 1 heterocycles. The third kappa shape index (κ3) is 5.65. The van der Waals surface area contributed by atoms with Gasteiger partial charge in [-0.2, -0.15) is 4.31 Å². The Labute approximate surface area is 198 Å². The maximum Gasteiger partial charge on any atom is 0.254 e. The van der Waals surface area contributed by atoms with Gasteiger partial charge in [0.2, 0.25) is 10.0 Å². The molecular weight excluding hydrogens is 434 g/mol. The maximum atomic E-state index is 13.4. The number of sulfonamides is 1. The van der Waals surface area contributed by atoms with E-state index >= 15 is 0 Å². The number of rotatable bonds is 7. The van der Waals surface area contributed by atoms with Crippen molar-refractivity contribution in [2.75, 3.05) is 32.7 Å². The van der Waals surface area contributed by atoms with Crippen LogP contribution in [0.5, 0.6) is 0 Å². The average Bonchev–Trinajstić information content (AvgIpc) is 2.86. The van der Waals surface area contributed by atoms with Crippen LogP contribution in [0, 0.1) is 0 Å². The minimum atomic E-state index is -3.64. The minimum absolute atomic E-state index is 0.0610. The van der Waals surface area contributed by atoms with Crippen molar-refractivity contribution in [1.82, 2.24) is 14.1 Å². The van der Waals surface area contributed by atoms with E-state index in [0.717, 1.165) is 32.2 Å². The van der Waals surface area contributed by atoms with E-state index in [2.05, 4.69) is 17.0 Å². The highest BCUT2D eigenvalue weighted by molar-refractivity contribution is 7.89. The van der Waals surface area contributed by atoms with Gasteiger partial charge >= 0.3 is 0 Å². The molecule has 1 amide bonds. The molecule has 178 valence electrons. The van der Waals surface area contributed by atoms with Crippen LogP contribution in [0.2, 0.25) is 0 Å². The lowest BCUT2D eigenvalue weighted by molar-refractivity contribution is 0.0647. The summed E-state index contributed by atoms with van der Waals surface area (Å²) in [6.45, 7) is 5.77. The Morgan fingerprint density at radius 3 is 2.30 bits per heavy atom. The summed E-state index contributed by atoms with van der Waals surface area (Å²) < 4.78 is 28.3. The Kier molecular flexibility index (Phi) is 7.83. The van der Waals surface area contributed by atoms with Crippen LogP contribution < -0.4 is 0 Å². The highest BCUT2D eigenvalue weighted by Crippen LogP contribution is 2.25. The molecule has 1 aliphatic carbocycles. The first-order chi connectivity index (χ1) is 16.0. The van der Waals surface area contributed by atoms with Crippen molar-refractivity contribution in [2.45, 2.75) is 56.5 Å². The summed E-state index contributed by atoms with van der Waals surface area (Å²) in [6.07, 6.45) is 5.60. The van der Waals surface area contributed by atoms with Gasteiger partial charge in [0.1, 0.15) is 0 Å². The number of amides is 1. The summed E-state index contributed by atoms with van der Waals surface area (Å²) in [4.78, 5) is 17.7. The van der Waals surface area contributed by atoms with Gasteiger partial charge in [0.05, 0.1) is 4.90 Å². The molecule has 0 radical (unpaired) electrons. The molecule has 2 aliphatic rings. The van der Waals surface area contributed by atoms with Gasteiger partial charge in [0, 0.05) is 50.9 Å². The summed E-state index contributed by atoms with van der Waals surface area (Å²) in [5.41, 5.74) is 1.70. The summed E-state index contributed by atoms with van der Waals surface area (Å²) in [6, 6.07) is 17.1. The lowest BCUT2D eigenvalue weighted by Crippen LogP contribution is -2.48. The van der Waals surface area contributed by atoms with E-state index in [0.29, 0.717) is 38.3 Å². The Morgan fingerprint density at radius 2 is 1.64 bits per heavy atom. The van der Waals surface area contributed by atoms with Crippen LogP contribution in [0.25, 0.3) is 0 Å². The molecule has 2 aromatic carbocycles. The molecule has 6 nitrogen and oxygen atoms in total. The Morgan fingerprint density at radius 1 is 0.939 bits per heavy atom.